The molecule has 0 atom stereocenters. The zero-order valence-electron chi connectivity index (χ0n) is 9.62. The number of benzene rings is 1. The molecule has 0 saturated carbocycles. The number of hydrogen-bond acceptors (Lipinski definition) is 2. The van der Waals surface area contributed by atoms with Gasteiger partial charge in [0.1, 0.15) is 0 Å². The average Bonchev–Trinajstić information content (AvgIpc) is 2.27. The molecule has 0 saturated heterocycles. The third-order valence-electron chi connectivity index (χ3n) is 2.12. The molecule has 0 aliphatic rings. The molecule has 2 N–H and O–H groups in total. The van der Waals surface area contributed by atoms with Crippen molar-refractivity contribution in [2.45, 2.75) is 19.9 Å². The smallest absolute Gasteiger partial charge is 0.228 e. The Bertz CT molecular complexity index is 361. The Kier molecular flexibility index (Phi) is 5.29. The van der Waals surface area contributed by atoms with Gasteiger partial charge in [0.2, 0.25) is 5.91 Å². The van der Waals surface area contributed by atoms with Crippen LogP contribution in [0.3, 0.4) is 0 Å². The predicted octanol–water partition coefficient (Wildman–Crippen LogP) is 2.31. The third kappa shape index (κ3) is 4.28. The molecular formula is C13H18N2O. The number of rotatable bonds is 6. The zero-order chi connectivity index (χ0) is 11.8. The van der Waals surface area contributed by atoms with Crippen LogP contribution in [0.4, 0.5) is 5.69 Å². The van der Waals surface area contributed by atoms with Gasteiger partial charge in [-0.25, -0.2) is 0 Å². The van der Waals surface area contributed by atoms with Crippen molar-refractivity contribution < 1.29 is 4.79 Å². The van der Waals surface area contributed by atoms with Crippen LogP contribution in [0.15, 0.2) is 36.9 Å². The Labute approximate surface area is 96.6 Å². The molecule has 1 aromatic carbocycles. The van der Waals surface area contributed by atoms with Gasteiger partial charge in [-0.05, 0) is 24.2 Å². The normalized spacial score (nSPS) is 9.81. The number of carbonyl (C=O) groups is 1. The lowest BCUT2D eigenvalue weighted by Crippen LogP contribution is -2.13. The summed E-state index contributed by atoms with van der Waals surface area (Å²) >= 11 is 0. The molecule has 86 valence electrons. The summed E-state index contributed by atoms with van der Waals surface area (Å²) in [5, 5.41) is 6.06. The fraction of sp³-hybridized carbons (Fsp3) is 0.308. The molecule has 0 fully saturated rings. The highest BCUT2D eigenvalue weighted by Crippen LogP contribution is 2.10. The summed E-state index contributed by atoms with van der Waals surface area (Å²) in [6.45, 7) is 7.35. The SMILES string of the molecule is C=CCC(=O)Nc1cccc(CNCC)c1. The standard InChI is InChI=1S/C13H18N2O/c1-3-6-13(16)15-12-8-5-7-11(9-12)10-14-4-2/h3,5,7-9,14H,1,4,6,10H2,2H3,(H,15,16). The molecule has 16 heavy (non-hydrogen) atoms. The van der Waals surface area contributed by atoms with Crippen LogP contribution in [0.1, 0.15) is 18.9 Å². The molecule has 0 aromatic heterocycles. The van der Waals surface area contributed by atoms with E-state index < -0.39 is 0 Å². The molecular weight excluding hydrogens is 200 g/mol. The van der Waals surface area contributed by atoms with E-state index in [4.69, 9.17) is 0 Å². The van der Waals surface area contributed by atoms with Crippen LogP contribution >= 0.6 is 0 Å². The predicted molar refractivity (Wildman–Crippen MR) is 67.3 cm³/mol. The number of anilines is 1. The van der Waals surface area contributed by atoms with E-state index in [1.807, 2.05) is 24.3 Å². The highest BCUT2D eigenvalue weighted by atomic mass is 16.1. The van der Waals surface area contributed by atoms with Crippen molar-refractivity contribution in [3.63, 3.8) is 0 Å². The van der Waals surface area contributed by atoms with Crippen molar-refractivity contribution in [2.24, 2.45) is 0 Å². The maximum Gasteiger partial charge on any atom is 0.228 e. The fourth-order valence-electron chi connectivity index (χ4n) is 1.37. The topological polar surface area (TPSA) is 41.1 Å². The molecule has 1 aromatic rings. The van der Waals surface area contributed by atoms with Gasteiger partial charge in [0.25, 0.3) is 0 Å². The lowest BCUT2D eigenvalue weighted by molar-refractivity contribution is -0.115. The van der Waals surface area contributed by atoms with Crippen LogP contribution in [-0.4, -0.2) is 12.5 Å². The van der Waals surface area contributed by atoms with Gasteiger partial charge >= 0.3 is 0 Å². The summed E-state index contributed by atoms with van der Waals surface area (Å²) in [7, 11) is 0. The molecule has 0 aliphatic carbocycles. The number of hydrogen-bond donors (Lipinski definition) is 2. The summed E-state index contributed by atoms with van der Waals surface area (Å²) < 4.78 is 0. The largest absolute Gasteiger partial charge is 0.326 e. The van der Waals surface area contributed by atoms with E-state index in [0.29, 0.717) is 6.42 Å². The number of nitrogens with one attached hydrogen (secondary N) is 2. The molecule has 3 heteroatoms. The molecule has 0 bridgehead atoms. The first kappa shape index (κ1) is 12.5. The van der Waals surface area contributed by atoms with Gasteiger partial charge in [-0.15, -0.1) is 6.58 Å². The van der Waals surface area contributed by atoms with Crippen LogP contribution < -0.4 is 10.6 Å². The van der Waals surface area contributed by atoms with Crippen molar-refractivity contribution in [1.82, 2.24) is 5.32 Å². The maximum atomic E-state index is 11.3. The Hall–Kier alpha value is -1.61. The van der Waals surface area contributed by atoms with Gasteiger partial charge in [0, 0.05) is 18.7 Å². The molecule has 0 aliphatic heterocycles. The van der Waals surface area contributed by atoms with E-state index in [2.05, 4.69) is 24.1 Å². The summed E-state index contributed by atoms with van der Waals surface area (Å²) in [6.07, 6.45) is 1.94. The Morgan fingerprint density at radius 2 is 2.31 bits per heavy atom. The van der Waals surface area contributed by atoms with E-state index in [1.54, 1.807) is 6.08 Å². The van der Waals surface area contributed by atoms with E-state index in [0.717, 1.165) is 18.8 Å². The first-order valence-corrected chi connectivity index (χ1v) is 5.46. The van der Waals surface area contributed by atoms with E-state index >= 15 is 0 Å². The third-order valence-corrected chi connectivity index (χ3v) is 2.12. The second-order valence-electron chi connectivity index (χ2n) is 3.52. The Balaban J connectivity index is 2.59. The average molecular weight is 218 g/mol. The highest BCUT2D eigenvalue weighted by molar-refractivity contribution is 5.91. The summed E-state index contributed by atoms with van der Waals surface area (Å²) in [5.41, 5.74) is 2.00. The van der Waals surface area contributed by atoms with Gasteiger partial charge in [-0.2, -0.15) is 0 Å². The van der Waals surface area contributed by atoms with Crippen molar-refractivity contribution in [3.05, 3.63) is 42.5 Å². The molecule has 3 nitrogen and oxygen atoms in total. The quantitative estimate of drug-likeness (QED) is 0.719. The van der Waals surface area contributed by atoms with E-state index in [1.165, 1.54) is 5.56 Å². The minimum atomic E-state index is -0.0319. The summed E-state index contributed by atoms with van der Waals surface area (Å²) in [4.78, 5) is 11.3. The minimum Gasteiger partial charge on any atom is -0.326 e. The second-order valence-corrected chi connectivity index (χ2v) is 3.52. The van der Waals surface area contributed by atoms with Gasteiger partial charge in [0.15, 0.2) is 0 Å². The van der Waals surface area contributed by atoms with Crippen molar-refractivity contribution >= 4 is 11.6 Å². The molecule has 0 radical (unpaired) electrons. The van der Waals surface area contributed by atoms with Crippen molar-refractivity contribution in [1.29, 1.82) is 0 Å². The highest BCUT2D eigenvalue weighted by Gasteiger charge is 2.00. The van der Waals surface area contributed by atoms with E-state index in [9.17, 15) is 4.79 Å². The first-order valence-electron chi connectivity index (χ1n) is 5.46. The lowest BCUT2D eigenvalue weighted by Gasteiger charge is -2.06. The van der Waals surface area contributed by atoms with Crippen LogP contribution in [0.2, 0.25) is 0 Å². The monoisotopic (exact) mass is 218 g/mol. The van der Waals surface area contributed by atoms with Crippen LogP contribution in [0, 0.1) is 0 Å². The maximum absolute atomic E-state index is 11.3. The molecule has 1 amide bonds. The molecule has 0 heterocycles. The van der Waals surface area contributed by atoms with Crippen LogP contribution in [0.5, 0.6) is 0 Å². The van der Waals surface area contributed by atoms with Crippen LogP contribution in [0.25, 0.3) is 0 Å². The van der Waals surface area contributed by atoms with E-state index in [-0.39, 0.29) is 5.91 Å². The number of amides is 1. The number of carbonyl (C=O) groups excluding carboxylic acids is 1. The van der Waals surface area contributed by atoms with Crippen molar-refractivity contribution in [2.75, 3.05) is 11.9 Å². The second kappa shape index (κ2) is 6.80. The van der Waals surface area contributed by atoms with Gasteiger partial charge in [0.05, 0.1) is 0 Å². The minimum absolute atomic E-state index is 0.0319. The first-order chi connectivity index (χ1) is 7.76. The lowest BCUT2D eigenvalue weighted by atomic mass is 10.2. The Morgan fingerprint density at radius 1 is 1.50 bits per heavy atom. The van der Waals surface area contributed by atoms with Gasteiger partial charge < -0.3 is 10.6 Å². The molecule has 1 rings (SSSR count). The van der Waals surface area contributed by atoms with Gasteiger partial charge in [-0.3, -0.25) is 4.79 Å². The molecule has 0 unspecified atom stereocenters. The van der Waals surface area contributed by atoms with Gasteiger partial charge in [-0.1, -0.05) is 25.1 Å². The summed E-state index contributed by atoms with van der Waals surface area (Å²) in [6, 6.07) is 7.84. The zero-order valence-corrected chi connectivity index (χ0v) is 9.62. The Morgan fingerprint density at radius 3 is 3.00 bits per heavy atom. The van der Waals surface area contributed by atoms with Crippen molar-refractivity contribution in [3.8, 4) is 0 Å². The van der Waals surface area contributed by atoms with Crippen LogP contribution in [-0.2, 0) is 11.3 Å². The summed E-state index contributed by atoms with van der Waals surface area (Å²) in [5.74, 6) is -0.0319. The fourth-order valence-corrected chi connectivity index (χ4v) is 1.37. The molecule has 0 spiro atoms.